The summed E-state index contributed by atoms with van der Waals surface area (Å²) in [6.45, 7) is 0. The standard InChI is InChI=1S/C15H12N2OS2/c18-13(14-16-9-5-1-3-7-11(9)19-14)15-17-10-6-2-4-8-12(10)20-15/h1-8,14-17H. The number of benzene rings is 2. The lowest BCUT2D eigenvalue weighted by molar-refractivity contribution is -0.117. The van der Waals surface area contributed by atoms with Gasteiger partial charge < -0.3 is 10.6 Å². The second-order valence-electron chi connectivity index (χ2n) is 4.68. The summed E-state index contributed by atoms with van der Waals surface area (Å²) in [7, 11) is 0. The highest BCUT2D eigenvalue weighted by atomic mass is 32.2. The van der Waals surface area contributed by atoms with Crippen LogP contribution >= 0.6 is 23.5 Å². The molecule has 0 fully saturated rings. The average Bonchev–Trinajstić information content (AvgIpc) is 3.10. The number of para-hydroxylation sites is 2. The summed E-state index contributed by atoms with van der Waals surface area (Å²) in [5, 5.41) is 6.19. The zero-order chi connectivity index (χ0) is 13.5. The molecule has 100 valence electrons. The van der Waals surface area contributed by atoms with E-state index in [9.17, 15) is 4.79 Å². The van der Waals surface area contributed by atoms with Gasteiger partial charge in [-0.15, -0.1) is 0 Å². The van der Waals surface area contributed by atoms with Crippen LogP contribution in [0.15, 0.2) is 58.3 Å². The Balaban J connectivity index is 1.51. The van der Waals surface area contributed by atoms with Crippen LogP contribution in [0.4, 0.5) is 11.4 Å². The summed E-state index contributed by atoms with van der Waals surface area (Å²) in [5.41, 5.74) is 2.10. The van der Waals surface area contributed by atoms with Crippen molar-refractivity contribution >= 4 is 40.7 Å². The second kappa shape index (κ2) is 4.75. The Kier molecular flexibility index (Phi) is 2.89. The molecule has 2 unspecified atom stereocenters. The largest absolute Gasteiger partial charge is 0.366 e. The normalized spacial score (nSPS) is 22.6. The molecule has 0 aromatic heterocycles. The van der Waals surface area contributed by atoms with Crippen molar-refractivity contribution in [3.8, 4) is 0 Å². The van der Waals surface area contributed by atoms with Crippen molar-refractivity contribution in [2.24, 2.45) is 0 Å². The molecule has 3 nitrogen and oxygen atoms in total. The van der Waals surface area contributed by atoms with E-state index in [0.717, 1.165) is 21.2 Å². The summed E-state index contributed by atoms with van der Waals surface area (Å²) in [5.74, 6) is 0.187. The molecule has 0 amide bonds. The zero-order valence-corrected chi connectivity index (χ0v) is 12.1. The van der Waals surface area contributed by atoms with E-state index in [-0.39, 0.29) is 16.5 Å². The van der Waals surface area contributed by atoms with Gasteiger partial charge in [0, 0.05) is 21.2 Å². The van der Waals surface area contributed by atoms with Crippen molar-refractivity contribution in [2.45, 2.75) is 20.5 Å². The third-order valence-electron chi connectivity index (χ3n) is 3.35. The van der Waals surface area contributed by atoms with Crippen molar-refractivity contribution in [1.29, 1.82) is 0 Å². The zero-order valence-electron chi connectivity index (χ0n) is 10.5. The van der Waals surface area contributed by atoms with E-state index >= 15 is 0 Å². The Morgan fingerprint density at radius 1 is 0.800 bits per heavy atom. The molecule has 4 rings (SSSR count). The van der Waals surface area contributed by atoms with Gasteiger partial charge in [0.25, 0.3) is 0 Å². The Bertz CT molecular complexity index is 582. The molecule has 0 saturated carbocycles. The van der Waals surface area contributed by atoms with Gasteiger partial charge >= 0.3 is 0 Å². The molecule has 0 radical (unpaired) electrons. The van der Waals surface area contributed by atoms with Crippen LogP contribution < -0.4 is 10.6 Å². The molecule has 0 saturated heterocycles. The molecule has 2 aromatic carbocycles. The van der Waals surface area contributed by atoms with Crippen molar-refractivity contribution in [3.05, 3.63) is 48.5 Å². The number of ketones is 1. The van der Waals surface area contributed by atoms with E-state index < -0.39 is 0 Å². The highest BCUT2D eigenvalue weighted by molar-refractivity contribution is 8.02. The van der Waals surface area contributed by atoms with E-state index in [0.29, 0.717) is 0 Å². The predicted molar refractivity (Wildman–Crippen MR) is 84.4 cm³/mol. The summed E-state index contributed by atoms with van der Waals surface area (Å²) in [6.07, 6.45) is 0. The van der Waals surface area contributed by atoms with Gasteiger partial charge in [0.2, 0.25) is 0 Å². The Morgan fingerprint density at radius 2 is 1.25 bits per heavy atom. The number of hydrogen-bond donors (Lipinski definition) is 2. The van der Waals surface area contributed by atoms with Crippen LogP contribution in [0.25, 0.3) is 0 Å². The van der Waals surface area contributed by atoms with Crippen LogP contribution in [0.2, 0.25) is 0 Å². The first-order valence-electron chi connectivity index (χ1n) is 6.39. The molecule has 2 aromatic rings. The van der Waals surface area contributed by atoms with E-state index in [4.69, 9.17) is 0 Å². The second-order valence-corrected chi connectivity index (χ2v) is 6.97. The Morgan fingerprint density at radius 3 is 1.70 bits per heavy atom. The van der Waals surface area contributed by atoms with Crippen LogP contribution in [0.1, 0.15) is 0 Å². The predicted octanol–water partition coefficient (Wildman–Crippen LogP) is 3.64. The highest BCUT2D eigenvalue weighted by Crippen LogP contribution is 2.43. The third kappa shape index (κ3) is 1.98. The minimum absolute atomic E-state index is 0.187. The first-order valence-corrected chi connectivity index (χ1v) is 8.15. The van der Waals surface area contributed by atoms with Crippen LogP contribution in [0.5, 0.6) is 0 Å². The van der Waals surface area contributed by atoms with Crippen LogP contribution in [0, 0.1) is 0 Å². The number of thioether (sulfide) groups is 2. The SMILES string of the molecule is O=C(C1Nc2ccccc2S1)C1Nc2ccccc2S1. The van der Waals surface area contributed by atoms with Gasteiger partial charge in [0.15, 0.2) is 5.78 Å². The minimum atomic E-state index is -0.202. The number of fused-ring (bicyclic) bond motifs is 2. The molecule has 0 spiro atoms. The fourth-order valence-corrected chi connectivity index (χ4v) is 4.66. The number of hydrogen-bond acceptors (Lipinski definition) is 5. The smallest absolute Gasteiger partial charge is 0.198 e. The molecule has 2 aliphatic rings. The number of nitrogens with one attached hydrogen (secondary N) is 2. The maximum absolute atomic E-state index is 12.6. The summed E-state index contributed by atoms with van der Waals surface area (Å²) in [6, 6.07) is 16.1. The maximum Gasteiger partial charge on any atom is 0.198 e. The summed E-state index contributed by atoms with van der Waals surface area (Å²) < 4.78 is 0. The molecule has 2 atom stereocenters. The van der Waals surface area contributed by atoms with E-state index in [1.54, 1.807) is 23.5 Å². The highest BCUT2D eigenvalue weighted by Gasteiger charge is 2.35. The molecular weight excluding hydrogens is 288 g/mol. The molecular formula is C15H12N2OS2. The molecule has 2 aliphatic heterocycles. The number of anilines is 2. The van der Waals surface area contributed by atoms with Gasteiger partial charge in [0.05, 0.1) is 0 Å². The van der Waals surface area contributed by atoms with Gasteiger partial charge in [0.1, 0.15) is 10.7 Å². The number of carbonyl (C=O) groups is 1. The summed E-state index contributed by atoms with van der Waals surface area (Å²) in [4.78, 5) is 14.9. The van der Waals surface area contributed by atoms with E-state index in [1.807, 2.05) is 48.5 Å². The van der Waals surface area contributed by atoms with Gasteiger partial charge in [-0.2, -0.15) is 0 Å². The fourth-order valence-electron chi connectivity index (χ4n) is 2.37. The third-order valence-corrected chi connectivity index (χ3v) is 5.75. The monoisotopic (exact) mass is 300 g/mol. The first kappa shape index (κ1) is 12.2. The van der Waals surface area contributed by atoms with Crippen molar-refractivity contribution in [3.63, 3.8) is 0 Å². The number of rotatable bonds is 2. The summed E-state index contributed by atoms with van der Waals surface area (Å²) >= 11 is 3.19. The van der Waals surface area contributed by atoms with Gasteiger partial charge in [-0.1, -0.05) is 47.8 Å². The van der Waals surface area contributed by atoms with Gasteiger partial charge in [-0.05, 0) is 24.3 Å². The molecule has 5 heteroatoms. The molecule has 20 heavy (non-hydrogen) atoms. The van der Waals surface area contributed by atoms with Crippen LogP contribution in [-0.4, -0.2) is 16.5 Å². The molecule has 2 N–H and O–H groups in total. The van der Waals surface area contributed by atoms with Crippen LogP contribution in [0.3, 0.4) is 0 Å². The van der Waals surface area contributed by atoms with Crippen LogP contribution in [-0.2, 0) is 4.79 Å². The minimum Gasteiger partial charge on any atom is -0.366 e. The van der Waals surface area contributed by atoms with Gasteiger partial charge in [-0.3, -0.25) is 4.79 Å². The molecule has 0 aliphatic carbocycles. The lowest BCUT2D eigenvalue weighted by Gasteiger charge is -2.14. The van der Waals surface area contributed by atoms with E-state index in [1.165, 1.54) is 0 Å². The lowest BCUT2D eigenvalue weighted by atomic mass is 10.3. The quantitative estimate of drug-likeness (QED) is 0.886. The fraction of sp³-hybridized carbons (Fsp3) is 0.133. The Labute approximate surface area is 125 Å². The number of carbonyl (C=O) groups excluding carboxylic acids is 1. The molecule has 0 bridgehead atoms. The Hall–Kier alpha value is -1.59. The maximum atomic E-state index is 12.6. The van der Waals surface area contributed by atoms with Crippen molar-refractivity contribution < 1.29 is 4.79 Å². The lowest BCUT2D eigenvalue weighted by Crippen LogP contribution is -2.34. The van der Waals surface area contributed by atoms with Gasteiger partial charge in [-0.25, -0.2) is 0 Å². The van der Waals surface area contributed by atoms with Crippen molar-refractivity contribution in [2.75, 3.05) is 10.6 Å². The molecule has 2 heterocycles. The number of Topliss-reactive ketones (excluding diaryl/α,β-unsaturated/α-hetero) is 1. The van der Waals surface area contributed by atoms with E-state index in [2.05, 4.69) is 10.6 Å². The topological polar surface area (TPSA) is 41.1 Å². The average molecular weight is 300 g/mol. The first-order chi connectivity index (χ1) is 9.81. The van der Waals surface area contributed by atoms with Crippen molar-refractivity contribution in [1.82, 2.24) is 0 Å².